The zero-order chi connectivity index (χ0) is 21.2. The summed E-state index contributed by atoms with van der Waals surface area (Å²) in [7, 11) is 1.67. The Kier molecular flexibility index (Phi) is 8.30. The predicted molar refractivity (Wildman–Crippen MR) is 122 cm³/mol. The van der Waals surface area contributed by atoms with Crippen LogP contribution in [0.4, 0.5) is 5.69 Å². The van der Waals surface area contributed by atoms with Gasteiger partial charge in [0.25, 0.3) is 0 Å². The summed E-state index contributed by atoms with van der Waals surface area (Å²) >= 11 is 1.69. The number of carbonyl (C=O) groups excluding carboxylic acids is 1. The molecule has 30 heavy (non-hydrogen) atoms. The van der Waals surface area contributed by atoms with E-state index in [0.717, 1.165) is 17.7 Å². The van der Waals surface area contributed by atoms with E-state index in [9.17, 15) is 4.79 Å². The van der Waals surface area contributed by atoms with Crippen LogP contribution in [0, 0.1) is 0 Å². The van der Waals surface area contributed by atoms with Gasteiger partial charge in [0, 0.05) is 23.5 Å². The summed E-state index contributed by atoms with van der Waals surface area (Å²) in [6.45, 7) is 4.24. The fraction of sp³-hybridized carbons (Fsp3) is 0.292. The van der Waals surface area contributed by atoms with E-state index >= 15 is 0 Å². The molecule has 0 unspecified atom stereocenters. The highest BCUT2D eigenvalue weighted by atomic mass is 32.1. The Hall–Kier alpha value is -2.83. The number of hydrogen-bond acceptors (Lipinski definition) is 5. The molecule has 2 aromatic carbocycles. The van der Waals surface area contributed by atoms with Gasteiger partial charge in [0.2, 0.25) is 5.91 Å². The number of anilines is 1. The van der Waals surface area contributed by atoms with Crippen LogP contribution in [0.2, 0.25) is 0 Å². The monoisotopic (exact) mass is 424 g/mol. The Morgan fingerprint density at radius 1 is 1.00 bits per heavy atom. The third kappa shape index (κ3) is 6.34. The largest absolute Gasteiger partial charge is 0.496 e. The molecule has 0 saturated heterocycles. The second-order valence-corrected chi connectivity index (χ2v) is 7.96. The first-order valence-electron chi connectivity index (χ1n) is 10.1. The first kappa shape index (κ1) is 21.9. The number of methoxy groups -OCH3 is 1. The minimum atomic E-state index is -0.0750. The zero-order valence-electron chi connectivity index (χ0n) is 17.5. The van der Waals surface area contributed by atoms with Crippen LogP contribution in [0.15, 0.2) is 66.0 Å². The molecule has 1 heterocycles. The fourth-order valence-electron chi connectivity index (χ4n) is 3.17. The van der Waals surface area contributed by atoms with Crippen molar-refractivity contribution in [2.24, 2.45) is 0 Å². The number of carbonyl (C=O) groups is 1. The lowest BCUT2D eigenvalue weighted by atomic mass is 10.2. The molecule has 0 spiro atoms. The van der Waals surface area contributed by atoms with Gasteiger partial charge >= 0.3 is 0 Å². The van der Waals surface area contributed by atoms with Crippen molar-refractivity contribution in [1.82, 2.24) is 4.90 Å². The van der Waals surface area contributed by atoms with Crippen LogP contribution in [0.3, 0.4) is 0 Å². The lowest BCUT2D eigenvalue weighted by molar-refractivity contribution is -0.117. The van der Waals surface area contributed by atoms with E-state index in [2.05, 4.69) is 28.6 Å². The topological polar surface area (TPSA) is 50.8 Å². The van der Waals surface area contributed by atoms with Gasteiger partial charge in [-0.2, -0.15) is 0 Å². The van der Waals surface area contributed by atoms with Crippen LogP contribution >= 0.6 is 11.3 Å². The SMILES string of the molecule is CCCOc1ccccc1NC(=O)CN(Cc1cccs1)Cc1ccccc1OC. The molecular formula is C24H28N2O3S. The van der Waals surface area contributed by atoms with Gasteiger partial charge in [-0.05, 0) is 36.1 Å². The molecule has 5 nitrogen and oxygen atoms in total. The van der Waals surface area contributed by atoms with E-state index in [1.807, 2.05) is 54.6 Å². The van der Waals surface area contributed by atoms with Crippen molar-refractivity contribution < 1.29 is 14.3 Å². The second kappa shape index (κ2) is 11.4. The summed E-state index contributed by atoms with van der Waals surface area (Å²) in [5.74, 6) is 1.45. The van der Waals surface area contributed by atoms with Gasteiger partial charge in [0.05, 0.1) is 25.9 Å². The maximum absolute atomic E-state index is 12.9. The molecule has 1 aromatic heterocycles. The van der Waals surface area contributed by atoms with Crippen LogP contribution in [0.25, 0.3) is 0 Å². The van der Waals surface area contributed by atoms with Crippen molar-refractivity contribution in [1.29, 1.82) is 0 Å². The number of amides is 1. The maximum Gasteiger partial charge on any atom is 0.238 e. The molecule has 0 atom stereocenters. The van der Waals surface area contributed by atoms with Gasteiger partial charge in [0.15, 0.2) is 0 Å². The van der Waals surface area contributed by atoms with E-state index in [1.165, 1.54) is 4.88 Å². The van der Waals surface area contributed by atoms with E-state index < -0.39 is 0 Å². The maximum atomic E-state index is 12.9. The molecule has 0 aliphatic carbocycles. The van der Waals surface area contributed by atoms with Gasteiger partial charge in [-0.25, -0.2) is 0 Å². The van der Waals surface area contributed by atoms with E-state index in [4.69, 9.17) is 9.47 Å². The molecule has 0 radical (unpaired) electrons. The molecular weight excluding hydrogens is 396 g/mol. The number of para-hydroxylation sites is 3. The average Bonchev–Trinajstić information content (AvgIpc) is 3.26. The molecule has 0 aliphatic rings. The Morgan fingerprint density at radius 3 is 2.50 bits per heavy atom. The average molecular weight is 425 g/mol. The molecule has 0 bridgehead atoms. The van der Waals surface area contributed by atoms with Gasteiger partial charge in [-0.3, -0.25) is 9.69 Å². The summed E-state index contributed by atoms with van der Waals surface area (Å²) in [6.07, 6.45) is 0.912. The molecule has 3 rings (SSSR count). The summed E-state index contributed by atoms with van der Waals surface area (Å²) in [5.41, 5.74) is 1.75. The predicted octanol–water partition coefficient (Wildman–Crippen LogP) is 5.19. The molecule has 158 valence electrons. The van der Waals surface area contributed by atoms with Crippen molar-refractivity contribution in [3.05, 3.63) is 76.5 Å². The minimum absolute atomic E-state index is 0.0750. The normalized spacial score (nSPS) is 10.8. The summed E-state index contributed by atoms with van der Waals surface area (Å²) in [4.78, 5) is 16.2. The van der Waals surface area contributed by atoms with Crippen molar-refractivity contribution >= 4 is 22.9 Å². The first-order chi connectivity index (χ1) is 14.7. The Balaban J connectivity index is 1.72. The number of thiophene rings is 1. The molecule has 1 N–H and O–H groups in total. The van der Waals surface area contributed by atoms with E-state index in [1.54, 1.807) is 18.4 Å². The highest BCUT2D eigenvalue weighted by Gasteiger charge is 2.16. The summed E-state index contributed by atoms with van der Waals surface area (Å²) < 4.78 is 11.3. The first-order valence-corrected chi connectivity index (χ1v) is 11.0. The fourth-order valence-corrected chi connectivity index (χ4v) is 3.91. The number of rotatable bonds is 11. The van der Waals surface area contributed by atoms with Gasteiger partial charge in [-0.15, -0.1) is 11.3 Å². The molecule has 0 aliphatic heterocycles. The zero-order valence-corrected chi connectivity index (χ0v) is 18.3. The molecule has 1 amide bonds. The van der Waals surface area contributed by atoms with Gasteiger partial charge in [0.1, 0.15) is 11.5 Å². The van der Waals surface area contributed by atoms with Crippen LogP contribution in [-0.2, 0) is 17.9 Å². The number of hydrogen-bond donors (Lipinski definition) is 1. The number of nitrogens with one attached hydrogen (secondary N) is 1. The quantitative estimate of drug-likeness (QED) is 0.460. The van der Waals surface area contributed by atoms with E-state index in [0.29, 0.717) is 31.1 Å². The highest BCUT2D eigenvalue weighted by molar-refractivity contribution is 7.09. The van der Waals surface area contributed by atoms with Crippen molar-refractivity contribution in [2.75, 3.05) is 25.6 Å². The number of nitrogens with zero attached hydrogens (tertiary/aromatic N) is 1. The second-order valence-electron chi connectivity index (χ2n) is 6.93. The summed E-state index contributed by atoms with van der Waals surface area (Å²) in [5, 5.41) is 5.06. The Labute approximate surface area is 182 Å². The van der Waals surface area contributed by atoms with Crippen molar-refractivity contribution in [3.63, 3.8) is 0 Å². The lowest BCUT2D eigenvalue weighted by Gasteiger charge is -2.22. The number of ether oxygens (including phenoxy) is 2. The van der Waals surface area contributed by atoms with Gasteiger partial charge in [-0.1, -0.05) is 43.3 Å². The third-order valence-electron chi connectivity index (χ3n) is 4.54. The van der Waals surface area contributed by atoms with Crippen molar-refractivity contribution in [2.45, 2.75) is 26.4 Å². The number of benzene rings is 2. The lowest BCUT2D eigenvalue weighted by Crippen LogP contribution is -2.32. The summed E-state index contributed by atoms with van der Waals surface area (Å²) in [6, 6.07) is 19.6. The van der Waals surface area contributed by atoms with Gasteiger partial charge < -0.3 is 14.8 Å². The van der Waals surface area contributed by atoms with Crippen LogP contribution in [0.5, 0.6) is 11.5 Å². The third-order valence-corrected chi connectivity index (χ3v) is 5.40. The van der Waals surface area contributed by atoms with Crippen molar-refractivity contribution in [3.8, 4) is 11.5 Å². The standard InChI is InChI=1S/C24H28N2O3S/c1-3-14-29-23-13-7-5-11-21(23)25-24(27)18-26(17-20-10-8-15-30-20)16-19-9-4-6-12-22(19)28-2/h4-13,15H,3,14,16-18H2,1-2H3,(H,25,27). The highest BCUT2D eigenvalue weighted by Crippen LogP contribution is 2.25. The Bertz CT molecular complexity index is 928. The van der Waals surface area contributed by atoms with Crippen LogP contribution < -0.4 is 14.8 Å². The molecule has 0 saturated carbocycles. The van der Waals surface area contributed by atoms with E-state index in [-0.39, 0.29) is 12.5 Å². The minimum Gasteiger partial charge on any atom is -0.496 e. The molecule has 3 aromatic rings. The van der Waals surface area contributed by atoms with Crippen LogP contribution in [0.1, 0.15) is 23.8 Å². The van der Waals surface area contributed by atoms with Crippen LogP contribution in [-0.4, -0.2) is 31.1 Å². The Morgan fingerprint density at radius 2 is 1.77 bits per heavy atom. The smallest absolute Gasteiger partial charge is 0.238 e. The molecule has 0 fully saturated rings. The molecule has 6 heteroatoms.